The minimum Gasteiger partial charge on any atom is -0.460 e. The zero-order chi connectivity index (χ0) is 24.7. The topological polar surface area (TPSA) is 58.6 Å². The van der Waals surface area contributed by atoms with E-state index in [-0.39, 0.29) is 17.5 Å². The smallest absolute Gasteiger partial charge is 0.405 e. The van der Waals surface area contributed by atoms with Crippen LogP contribution in [0.15, 0.2) is 12.1 Å². The van der Waals surface area contributed by atoms with Crippen LogP contribution in [0, 0.1) is 12.8 Å². The summed E-state index contributed by atoms with van der Waals surface area (Å²) in [6.07, 6.45) is -0.747. The predicted molar refractivity (Wildman–Crippen MR) is 120 cm³/mol. The minimum absolute atomic E-state index is 0.179. The lowest BCUT2D eigenvalue weighted by atomic mass is 9.99. The zero-order valence-corrected chi connectivity index (χ0v) is 19.9. The van der Waals surface area contributed by atoms with E-state index in [1.54, 1.807) is 13.0 Å². The monoisotopic (exact) mass is 456 g/mol. The van der Waals surface area contributed by atoms with Crippen LogP contribution >= 0.6 is 0 Å². The van der Waals surface area contributed by atoms with Crippen LogP contribution in [0.25, 0.3) is 12.8 Å². The molecule has 0 aliphatic heterocycles. The van der Waals surface area contributed by atoms with Crippen molar-refractivity contribution < 1.29 is 27.5 Å². The van der Waals surface area contributed by atoms with Crippen LogP contribution in [-0.2, 0) is 9.53 Å². The third-order valence-electron chi connectivity index (χ3n) is 4.95. The first-order valence-electron chi connectivity index (χ1n) is 10.7. The molecule has 32 heavy (non-hydrogen) atoms. The molecule has 0 aliphatic rings. The molecular formula is C24H35F3N2O3. The van der Waals surface area contributed by atoms with Crippen molar-refractivity contribution in [3.05, 3.63) is 33.7 Å². The lowest BCUT2D eigenvalue weighted by Crippen LogP contribution is -2.37. The summed E-state index contributed by atoms with van der Waals surface area (Å²) in [5, 5.41) is 3.27. The van der Waals surface area contributed by atoms with E-state index in [0.717, 1.165) is 6.42 Å². The van der Waals surface area contributed by atoms with E-state index in [9.17, 15) is 22.8 Å². The Hall–Kier alpha value is -2.51. The summed E-state index contributed by atoms with van der Waals surface area (Å²) in [6.45, 7) is 12.5. The van der Waals surface area contributed by atoms with E-state index in [1.165, 1.54) is 6.07 Å². The maximum Gasteiger partial charge on any atom is 0.405 e. The van der Waals surface area contributed by atoms with Gasteiger partial charge in [-0.3, -0.25) is 9.59 Å². The first-order valence-corrected chi connectivity index (χ1v) is 10.7. The average molecular weight is 457 g/mol. The highest BCUT2D eigenvalue weighted by Gasteiger charge is 2.28. The minimum atomic E-state index is -4.47. The van der Waals surface area contributed by atoms with Crippen molar-refractivity contribution in [3.63, 3.8) is 0 Å². The van der Waals surface area contributed by atoms with Gasteiger partial charge in [-0.25, -0.2) is 0 Å². The molecule has 1 rings (SSSR count). The molecular weight excluding hydrogens is 421 g/mol. The molecule has 1 aromatic carbocycles. The Bertz CT molecular complexity index is 905. The van der Waals surface area contributed by atoms with E-state index in [2.05, 4.69) is 13.5 Å². The maximum atomic E-state index is 12.4. The highest BCUT2D eigenvalue weighted by molar-refractivity contribution is 5.95. The quantitative estimate of drug-likeness (QED) is 0.578. The molecule has 1 amide bonds. The van der Waals surface area contributed by atoms with Crippen molar-refractivity contribution in [1.82, 2.24) is 10.2 Å². The van der Waals surface area contributed by atoms with Crippen molar-refractivity contribution >= 4 is 24.7 Å². The van der Waals surface area contributed by atoms with E-state index in [1.807, 2.05) is 44.2 Å². The van der Waals surface area contributed by atoms with Crippen LogP contribution in [0.4, 0.5) is 13.2 Å². The SMILES string of the molecule is C=c1ccc(C(=O)NCC(F)(F)F)c(C)/c1=C/N(C)CC(CC)CCC(=O)OC(C)(C)C. The van der Waals surface area contributed by atoms with Gasteiger partial charge in [-0.2, -0.15) is 13.2 Å². The summed E-state index contributed by atoms with van der Waals surface area (Å²) >= 11 is 0. The van der Waals surface area contributed by atoms with Crippen molar-refractivity contribution in [2.45, 2.75) is 65.7 Å². The Morgan fingerprint density at radius 3 is 2.41 bits per heavy atom. The molecule has 0 heterocycles. The third-order valence-corrected chi connectivity index (χ3v) is 4.95. The summed E-state index contributed by atoms with van der Waals surface area (Å²) in [4.78, 5) is 26.2. The van der Waals surface area contributed by atoms with Gasteiger partial charge < -0.3 is 15.0 Å². The van der Waals surface area contributed by atoms with Crippen molar-refractivity contribution in [3.8, 4) is 0 Å². The lowest BCUT2D eigenvalue weighted by Gasteiger charge is -2.23. The van der Waals surface area contributed by atoms with Gasteiger partial charge in [0.25, 0.3) is 5.91 Å². The van der Waals surface area contributed by atoms with Crippen molar-refractivity contribution in [1.29, 1.82) is 0 Å². The number of alkyl halides is 3. The second-order valence-electron chi connectivity index (χ2n) is 9.08. The van der Waals surface area contributed by atoms with Crippen molar-refractivity contribution in [2.75, 3.05) is 20.1 Å². The number of amides is 1. The Balaban J connectivity index is 2.93. The summed E-state index contributed by atoms with van der Waals surface area (Å²) in [5.74, 6) is -0.757. The fourth-order valence-corrected chi connectivity index (χ4v) is 3.31. The number of rotatable bonds is 9. The van der Waals surface area contributed by atoms with Gasteiger partial charge in [0.05, 0.1) is 0 Å². The van der Waals surface area contributed by atoms with Crippen LogP contribution in [0.5, 0.6) is 0 Å². The molecule has 0 bridgehead atoms. The van der Waals surface area contributed by atoms with Crippen LogP contribution in [0.3, 0.4) is 0 Å². The number of ether oxygens (including phenoxy) is 1. The van der Waals surface area contributed by atoms with Gasteiger partial charge in [0.1, 0.15) is 12.1 Å². The number of carbonyl (C=O) groups is 2. The number of benzene rings is 1. The molecule has 8 heteroatoms. The van der Waals surface area contributed by atoms with Crippen LogP contribution < -0.4 is 15.8 Å². The number of halogens is 3. The van der Waals surface area contributed by atoms with Gasteiger partial charge in [0.15, 0.2) is 0 Å². The first-order chi connectivity index (χ1) is 14.6. The van der Waals surface area contributed by atoms with Gasteiger partial charge in [-0.05, 0) is 56.9 Å². The Morgan fingerprint density at radius 1 is 1.25 bits per heavy atom. The third kappa shape index (κ3) is 9.75. The molecule has 0 spiro atoms. The van der Waals surface area contributed by atoms with Gasteiger partial charge in [-0.15, -0.1) is 0 Å². The molecule has 1 unspecified atom stereocenters. The van der Waals surface area contributed by atoms with Crippen LogP contribution in [0.1, 0.15) is 62.9 Å². The molecule has 0 saturated heterocycles. The van der Waals surface area contributed by atoms with Crippen LogP contribution in [-0.4, -0.2) is 48.7 Å². The number of esters is 1. The van der Waals surface area contributed by atoms with Gasteiger partial charge >= 0.3 is 12.1 Å². The number of carbonyl (C=O) groups excluding carboxylic acids is 2. The fourth-order valence-electron chi connectivity index (χ4n) is 3.31. The normalized spacial score (nSPS) is 13.6. The van der Waals surface area contributed by atoms with Gasteiger partial charge in [0.2, 0.25) is 0 Å². The summed E-state index contributed by atoms with van der Waals surface area (Å²) < 4.78 is 42.7. The molecule has 1 atom stereocenters. The number of nitrogens with one attached hydrogen (secondary N) is 1. The second-order valence-corrected chi connectivity index (χ2v) is 9.08. The summed E-state index contributed by atoms with van der Waals surface area (Å²) in [5.41, 5.74) is 0.229. The molecule has 180 valence electrons. The zero-order valence-electron chi connectivity index (χ0n) is 19.9. The first kappa shape index (κ1) is 27.5. The average Bonchev–Trinajstić information content (AvgIpc) is 2.64. The van der Waals surface area contributed by atoms with Gasteiger partial charge in [-0.1, -0.05) is 26.0 Å². The number of hydrogen-bond donors (Lipinski definition) is 1. The van der Waals surface area contributed by atoms with E-state index >= 15 is 0 Å². The molecule has 1 N–H and O–H groups in total. The molecule has 0 aliphatic carbocycles. The van der Waals surface area contributed by atoms with E-state index in [0.29, 0.717) is 35.4 Å². The predicted octanol–water partition coefficient (Wildman–Crippen LogP) is 3.52. The van der Waals surface area contributed by atoms with E-state index in [4.69, 9.17) is 4.74 Å². The molecule has 0 saturated carbocycles. The van der Waals surface area contributed by atoms with Gasteiger partial charge in [0, 0.05) is 37.0 Å². The molecule has 5 nitrogen and oxygen atoms in total. The Labute approximate surface area is 188 Å². The summed E-state index contributed by atoms with van der Waals surface area (Å²) in [7, 11) is 1.88. The molecule has 0 fully saturated rings. The van der Waals surface area contributed by atoms with Crippen molar-refractivity contribution in [2.24, 2.45) is 5.92 Å². The fraction of sp³-hybridized carbons (Fsp3) is 0.583. The van der Waals surface area contributed by atoms with E-state index < -0.39 is 24.2 Å². The highest BCUT2D eigenvalue weighted by atomic mass is 19.4. The standard InChI is InChI=1S/C24H35F3N2O3/c1-8-18(10-12-21(30)32-23(4,5)6)13-29(7)14-20-16(2)9-11-19(17(20)3)22(31)28-15-24(25,26)27/h9,11,14,18H,2,8,10,12-13,15H2,1,3-7H3,(H,28,31)/b20-14+. The summed E-state index contributed by atoms with van der Waals surface area (Å²) in [6, 6.07) is 3.10. The molecule has 0 aromatic heterocycles. The number of hydrogen-bond acceptors (Lipinski definition) is 4. The lowest BCUT2D eigenvalue weighted by molar-refractivity contribution is -0.155. The largest absolute Gasteiger partial charge is 0.460 e. The van der Waals surface area contributed by atoms with Crippen LogP contribution in [0.2, 0.25) is 0 Å². The molecule has 1 aromatic rings. The second kappa shape index (κ2) is 11.4. The Kier molecular flexibility index (Phi) is 9.79. The molecule has 0 radical (unpaired) electrons. The Morgan fingerprint density at radius 2 is 1.88 bits per heavy atom. The highest BCUT2D eigenvalue weighted by Crippen LogP contribution is 2.16. The maximum absolute atomic E-state index is 12.4. The number of nitrogens with zero attached hydrogens (tertiary/aromatic N) is 1.